The Labute approximate surface area is 283 Å². The van der Waals surface area contributed by atoms with Crippen molar-refractivity contribution in [2.75, 3.05) is 24.6 Å². The van der Waals surface area contributed by atoms with Crippen LogP contribution in [0.4, 0.5) is 5.69 Å². The van der Waals surface area contributed by atoms with E-state index in [1.807, 2.05) is 92.7 Å². The molecule has 48 heavy (non-hydrogen) atoms. The highest BCUT2D eigenvalue weighted by molar-refractivity contribution is 6.05. The number of likely N-dealkylation sites (tertiary alicyclic amines) is 1. The van der Waals surface area contributed by atoms with Gasteiger partial charge in [0.2, 0.25) is 11.8 Å². The molecule has 1 N–H and O–H groups in total. The van der Waals surface area contributed by atoms with Crippen LogP contribution in [0.5, 0.6) is 0 Å². The van der Waals surface area contributed by atoms with Crippen molar-refractivity contribution in [3.63, 3.8) is 0 Å². The lowest BCUT2D eigenvalue weighted by molar-refractivity contribution is -0.147. The number of aliphatic hydroxyl groups is 1. The van der Waals surface area contributed by atoms with Crippen molar-refractivity contribution >= 4 is 23.4 Å². The summed E-state index contributed by atoms with van der Waals surface area (Å²) in [5.74, 6) is -2.43. The number of aliphatic hydroxyl groups excluding tert-OH is 1. The molecule has 250 valence electrons. The van der Waals surface area contributed by atoms with Crippen molar-refractivity contribution in [3.8, 4) is 0 Å². The zero-order valence-corrected chi connectivity index (χ0v) is 27.8. The number of hydrogen-bond acceptors (Lipinski definition) is 5. The summed E-state index contributed by atoms with van der Waals surface area (Å²) in [6.07, 6.45) is 4.24. The predicted octanol–water partition coefficient (Wildman–Crippen LogP) is 5.02. The van der Waals surface area contributed by atoms with Crippen LogP contribution < -0.4 is 4.90 Å². The molecule has 0 saturated carbocycles. The van der Waals surface area contributed by atoms with E-state index in [0.29, 0.717) is 32.4 Å². The first-order chi connectivity index (χ1) is 23.2. The minimum absolute atomic E-state index is 0.182. The van der Waals surface area contributed by atoms with Gasteiger partial charge in [0, 0.05) is 25.3 Å². The summed E-state index contributed by atoms with van der Waals surface area (Å²) in [6, 6.07) is 23.5. The number of carbonyl (C=O) groups excluding carboxylic acids is 3. The van der Waals surface area contributed by atoms with Gasteiger partial charge >= 0.3 is 0 Å². The number of para-hydroxylation sites is 1. The van der Waals surface area contributed by atoms with Gasteiger partial charge < -0.3 is 24.5 Å². The van der Waals surface area contributed by atoms with Crippen LogP contribution in [0.1, 0.15) is 35.1 Å². The van der Waals surface area contributed by atoms with Gasteiger partial charge in [-0.1, -0.05) is 91.0 Å². The fraction of sp³-hybridized carbons (Fsp3) is 0.375. The van der Waals surface area contributed by atoms with E-state index in [4.69, 9.17) is 4.74 Å². The van der Waals surface area contributed by atoms with E-state index < -0.39 is 35.6 Å². The highest BCUT2D eigenvalue weighted by atomic mass is 16.5. The molecule has 2 bridgehead atoms. The lowest BCUT2D eigenvalue weighted by Gasteiger charge is -2.40. The lowest BCUT2D eigenvalue weighted by Crippen LogP contribution is -2.59. The normalized spacial score (nSPS) is 24.6. The summed E-state index contributed by atoms with van der Waals surface area (Å²) < 4.78 is 6.81. The average Bonchev–Trinajstić information content (AvgIpc) is 3.74. The summed E-state index contributed by atoms with van der Waals surface area (Å²) >= 11 is 0. The van der Waals surface area contributed by atoms with Gasteiger partial charge in [-0.2, -0.15) is 0 Å². The number of benzene rings is 3. The number of fused-ring (bicyclic) bond motifs is 1. The van der Waals surface area contributed by atoms with E-state index in [-0.39, 0.29) is 30.9 Å². The molecule has 3 aliphatic rings. The van der Waals surface area contributed by atoms with Gasteiger partial charge in [-0.05, 0) is 55.4 Å². The van der Waals surface area contributed by atoms with Gasteiger partial charge in [0.1, 0.15) is 11.6 Å². The maximum absolute atomic E-state index is 15.2. The first-order valence-corrected chi connectivity index (χ1v) is 16.8. The minimum Gasteiger partial charge on any atom is -0.394 e. The summed E-state index contributed by atoms with van der Waals surface area (Å²) in [4.78, 5) is 49.6. The topological polar surface area (TPSA) is 90.4 Å². The van der Waals surface area contributed by atoms with Crippen molar-refractivity contribution in [1.82, 2.24) is 9.80 Å². The van der Waals surface area contributed by atoms with Gasteiger partial charge in [-0.3, -0.25) is 14.4 Å². The van der Waals surface area contributed by atoms with Crippen molar-refractivity contribution in [2.45, 2.75) is 63.4 Å². The Kier molecular flexibility index (Phi) is 9.67. The molecule has 3 amide bonds. The fourth-order valence-electron chi connectivity index (χ4n) is 8.38. The van der Waals surface area contributed by atoms with Crippen LogP contribution in [-0.4, -0.2) is 76.1 Å². The first-order valence-electron chi connectivity index (χ1n) is 16.8. The second kappa shape index (κ2) is 13.9. The number of amides is 3. The van der Waals surface area contributed by atoms with Gasteiger partial charge in [-0.15, -0.1) is 13.2 Å². The Balaban J connectivity index is 1.44. The van der Waals surface area contributed by atoms with E-state index in [9.17, 15) is 14.7 Å². The Morgan fingerprint density at radius 1 is 0.938 bits per heavy atom. The zero-order chi connectivity index (χ0) is 34.0. The van der Waals surface area contributed by atoms with E-state index in [0.717, 1.165) is 27.9 Å². The average molecular weight is 648 g/mol. The number of rotatable bonds is 13. The molecule has 8 nitrogen and oxygen atoms in total. The number of aryl methyl sites for hydroxylation is 2. The number of anilines is 1. The van der Waals surface area contributed by atoms with Gasteiger partial charge in [0.05, 0.1) is 30.6 Å². The highest BCUT2D eigenvalue weighted by Gasteiger charge is 2.75. The quantitative estimate of drug-likeness (QED) is 0.264. The molecule has 3 saturated heterocycles. The van der Waals surface area contributed by atoms with E-state index in [1.54, 1.807) is 26.9 Å². The Bertz CT molecular complexity index is 1660. The summed E-state index contributed by atoms with van der Waals surface area (Å²) in [5, 5.41) is 10.9. The summed E-state index contributed by atoms with van der Waals surface area (Å²) in [7, 11) is 0. The van der Waals surface area contributed by atoms with Crippen molar-refractivity contribution < 1.29 is 24.2 Å². The van der Waals surface area contributed by atoms with Crippen LogP contribution in [0.15, 0.2) is 104 Å². The summed E-state index contributed by atoms with van der Waals surface area (Å²) in [6.45, 7) is 12.3. The molecule has 0 aromatic heterocycles. The second-order valence-corrected chi connectivity index (χ2v) is 13.3. The molecule has 0 aliphatic carbocycles. The molecule has 1 spiro atoms. The number of hydrogen-bond donors (Lipinski definition) is 1. The monoisotopic (exact) mass is 647 g/mol. The Hall–Kier alpha value is -4.53. The van der Waals surface area contributed by atoms with E-state index in [2.05, 4.69) is 13.2 Å². The largest absolute Gasteiger partial charge is 0.394 e. The molecule has 3 aromatic rings. The molecule has 2 unspecified atom stereocenters. The second-order valence-electron chi connectivity index (χ2n) is 13.3. The molecular weight excluding hydrogens is 602 g/mol. The van der Waals surface area contributed by atoms with E-state index in [1.165, 1.54) is 0 Å². The molecular formula is C40H45N3O5. The molecule has 6 atom stereocenters. The molecule has 3 fully saturated rings. The number of carbonyl (C=O) groups is 3. The SMILES string of the molecule is C=CCN(Cc1ccccc1)C(=O)[C@@H]1[C@@H]2CCC3(O2)C(C(=O)N(CC=C)c2c(C)cccc2C)N([C@@H](CO)Cc2ccccc2)C(=O)[C@H]13. The fourth-order valence-corrected chi connectivity index (χ4v) is 8.38. The van der Waals surface area contributed by atoms with Crippen molar-refractivity contribution in [1.29, 1.82) is 0 Å². The van der Waals surface area contributed by atoms with Crippen LogP contribution >= 0.6 is 0 Å². The molecule has 8 heteroatoms. The minimum atomic E-state index is -1.22. The highest BCUT2D eigenvalue weighted by Crippen LogP contribution is 2.59. The predicted molar refractivity (Wildman–Crippen MR) is 186 cm³/mol. The molecule has 3 heterocycles. The molecule has 3 aromatic carbocycles. The van der Waals surface area contributed by atoms with Crippen LogP contribution in [0.3, 0.4) is 0 Å². The van der Waals surface area contributed by atoms with Crippen LogP contribution in [0.25, 0.3) is 0 Å². The van der Waals surface area contributed by atoms with Gasteiger partial charge in [0.25, 0.3) is 5.91 Å². The van der Waals surface area contributed by atoms with Gasteiger partial charge in [0.15, 0.2) is 0 Å². The molecule has 3 aliphatic heterocycles. The number of ether oxygens (including phenoxy) is 1. The van der Waals surface area contributed by atoms with Crippen LogP contribution in [-0.2, 0) is 32.1 Å². The van der Waals surface area contributed by atoms with E-state index >= 15 is 4.79 Å². The maximum Gasteiger partial charge on any atom is 0.253 e. The van der Waals surface area contributed by atoms with Crippen molar-refractivity contribution in [2.24, 2.45) is 11.8 Å². The third kappa shape index (κ3) is 5.77. The Morgan fingerprint density at radius 3 is 2.17 bits per heavy atom. The van der Waals surface area contributed by atoms with Crippen LogP contribution in [0.2, 0.25) is 0 Å². The third-order valence-electron chi connectivity index (χ3n) is 10.3. The zero-order valence-electron chi connectivity index (χ0n) is 27.8. The maximum atomic E-state index is 15.2. The Morgan fingerprint density at radius 2 is 1.56 bits per heavy atom. The smallest absolute Gasteiger partial charge is 0.253 e. The summed E-state index contributed by atoms with van der Waals surface area (Å²) in [5.41, 5.74) is 3.29. The van der Waals surface area contributed by atoms with Gasteiger partial charge in [-0.25, -0.2) is 0 Å². The number of nitrogens with zero attached hydrogens (tertiary/aromatic N) is 3. The standard InChI is InChI=1S/C40H45N3O5/c1-5-22-41(25-30-18-11-8-12-19-30)37(45)33-32-20-21-40(48-32)34(33)38(46)43(31(26-44)24-29-16-9-7-10-17-29)36(40)39(47)42(23-6-2)35-27(3)14-13-15-28(35)4/h5-19,31-34,36,44H,1-2,20-26H2,3-4H3/t31-,32+,33-,34+,36?,40?/m1/s1. The molecule has 0 radical (unpaired) electrons. The van der Waals surface area contributed by atoms with Crippen molar-refractivity contribution in [3.05, 3.63) is 126 Å². The molecule has 6 rings (SSSR count). The first kappa shape index (κ1) is 33.4. The van der Waals surface area contributed by atoms with Crippen LogP contribution in [0, 0.1) is 25.7 Å². The lowest BCUT2D eigenvalue weighted by atomic mass is 9.70. The third-order valence-corrected chi connectivity index (χ3v) is 10.3.